The Labute approximate surface area is 232 Å². The predicted octanol–water partition coefficient (Wildman–Crippen LogP) is 7.16. The zero-order valence-corrected chi connectivity index (χ0v) is 21.7. The summed E-state index contributed by atoms with van der Waals surface area (Å²) in [5, 5.41) is 0.0781. The zero-order chi connectivity index (χ0) is 29.9. The van der Waals surface area contributed by atoms with Crippen molar-refractivity contribution in [1.29, 1.82) is 0 Å². The van der Waals surface area contributed by atoms with Crippen molar-refractivity contribution >= 4 is 28.4 Å². The smallest absolute Gasteiger partial charge is 0.416 e. The molecule has 0 spiro atoms. The van der Waals surface area contributed by atoms with Crippen LogP contribution in [0.1, 0.15) is 27.0 Å². The van der Waals surface area contributed by atoms with E-state index in [1.54, 1.807) is 18.2 Å². The van der Waals surface area contributed by atoms with Crippen LogP contribution in [0.15, 0.2) is 59.4 Å². The van der Waals surface area contributed by atoms with Crippen molar-refractivity contribution < 1.29 is 40.3 Å². The Morgan fingerprint density at radius 1 is 1.00 bits per heavy atom. The van der Waals surface area contributed by atoms with Crippen LogP contribution in [0.4, 0.5) is 30.7 Å². The fourth-order valence-electron chi connectivity index (χ4n) is 4.85. The first kappa shape index (κ1) is 28.5. The molecule has 3 aromatic carbocycles. The van der Waals surface area contributed by atoms with Gasteiger partial charge in [0.1, 0.15) is 23.7 Å². The van der Waals surface area contributed by atoms with E-state index in [1.807, 2.05) is 0 Å². The number of hydrogen-bond acceptors (Lipinski definition) is 3. The maximum atomic E-state index is 14.0. The summed E-state index contributed by atoms with van der Waals surface area (Å²) in [6.07, 6.45) is -10.2. The van der Waals surface area contributed by atoms with Crippen LogP contribution in [0.5, 0.6) is 5.75 Å². The number of para-hydroxylation sites is 1. The van der Waals surface area contributed by atoms with E-state index in [9.17, 15) is 40.3 Å². The zero-order valence-electron chi connectivity index (χ0n) is 21.0. The number of alkyl halides is 6. The van der Waals surface area contributed by atoms with Crippen molar-refractivity contribution in [3.63, 3.8) is 0 Å². The Balaban J connectivity index is 1.68. The maximum Gasteiger partial charge on any atom is 0.416 e. The number of nitrogens with zero attached hydrogens (tertiary/aromatic N) is 2. The van der Waals surface area contributed by atoms with Crippen LogP contribution in [-0.4, -0.2) is 29.0 Å². The molecule has 0 aliphatic carbocycles. The average molecular weight is 599 g/mol. The Kier molecular flexibility index (Phi) is 7.01. The van der Waals surface area contributed by atoms with Crippen molar-refractivity contribution in [2.24, 2.45) is 0 Å². The normalized spacial score (nSPS) is 13.3. The summed E-state index contributed by atoms with van der Waals surface area (Å²) in [6.45, 7) is -0.499. The highest BCUT2D eigenvalue weighted by Crippen LogP contribution is 2.39. The molecule has 2 heterocycles. The lowest BCUT2D eigenvalue weighted by molar-refractivity contribution is -0.143. The summed E-state index contributed by atoms with van der Waals surface area (Å²) < 4.78 is 101. The van der Waals surface area contributed by atoms with Crippen LogP contribution < -0.4 is 10.3 Å². The van der Waals surface area contributed by atoms with Gasteiger partial charge in [-0.1, -0.05) is 29.8 Å². The quantitative estimate of drug-likeness (QED) is 0.234. The summed E-state index contributed by atoms with van der Waals surface area (Å²) >= 11 is 6.00. The molecular weight excluding hydrogens is 581 g/mol. The maximum absolute atomic E-state index is 14.0. The minimum absolute atomic E-state index is 0.0121. The van der Waals surface area contributed by atoms with Crippen molar-refractivity contribution in [1.82, 2.24) is 9.47 Å². The molecule has 5 nitrogen and oxygen atoms in total. The third-order valence-electron chi connectivity index (χ3n) is 6.66. The van der Waals surface area contributed by atoms with Crippen LogP contribution in [0, 0.1) is 5.82 Å². The molecule has 0 saturated heterocycles. The lowest BCUT2D eigenvalue weighted by Gasteiger charge is -2.25. The minimum atomic E-state index is -5.08. The number of ether oxygens (including phenoxy) is 1. The van der Waals surface area contributed by atoms with Crippen molar-refractivity contribution in [2.75, 3.05) is 13.7 Å². The molecule has 0 bridgehead atoms. The highest BCUT2D eigenvalue weighted by atomic mass is 35.5. The Hall–Kier alpha value is -4.06. The number of benzene rings is 3. The van der Waals surface area contributed by atoms with Crippen LogP contribution in [0.3, 0.4) is 0 Å². The molecule has 0 radical (unpaired) electrons. The molecule has 1 aliphatic heterocycles. The lowest BCUT2D eigenvalue weighted by atomic mass is 9.94. The third-order valence-corrected chi connectivity index (χ3v) is 6.95. The number of aromatic nitrogens is 1. The second kappa shape index (κ2) is 10.1. The highest BCUT2D eigenvalue weighted by Gasteiger charge is 2.37. The van der Waals surface area contributed by atoms with Gasteiger partial charge in [0.15, 0.2) is 0 Å². The molecule has 1 aromatic heterocycles. The molecule has 0 atom stereocenters. The van der Waals surface area contributed by atoms with Gasteiger partial charge in [0, 0.05) is 24.5 Å². The van der Waals surface area contributed by atoms with Gasteiger partial charge in [0.05, 0.1) is 28.2 Å². The molecular formula is C28H18ClF7N2O3. The van der Waals surface area contributed by atoms with Crippen LogP contribution in [0.25, 0.3) is 22.0 Å². The summed E-state index contributed by atoms with van der Waals surface area (Å²) in [5.41, 5.74) is -4.07. The van der Waals surface area contributed by atoms with E-state index in [-0.39, 0.29) is 35.4 Å². The number of pyridine rings is 1. The first-order valence-electron chi connectivity index (χ1n) is 12.0. The van der Waals surface area contributed by atoms with Crippen molar-refractivity contribution in [2.45, 2.75) is 25.4 Å². The fourth-order valence-corrected chi connectivity index (χ4v) is 5.03. The van der Waals surface area contributed by atoms with Crippen LogP contribution in [0.2, 0.25) is 5.02 Å². The van der Waals surface area contributed by atoms with E-state index in [4.69, 9.17) is 16.3 Å². The molecule has 13 heteroatoms. The molecule has 41 heavy (non-hydrogen) atoms. The van der Waals surface area contributed by atoms with Crippen molar-refractivity contribution in [3.05, 3.63) is 98.0 Å². The summed E-state index contributed by atoms with van der Waals surface area (Å²) in [5.74, 6) is -1.37. The Morgan fingerprint density at radius 3 is 2.27 bits per heavy atom. The van der Waals surface area contributed by atoms with Gasteiger partial charge in [0.2, 0.25) is 0 Å². The first-order valence-corrected chi connectivity index (χ1v) is 12.4. The van der Waals surface area contributed by atoms with Gasteiger partial charge in [-0.25, -0.2) is 4.39 Å². The molecule has 0 saturated carbocycles. The molecule has 5 rings (SSSR count). The highest BCUT2D eigenvalue weighted by molar-refractivity contribution is 6.31. The summed E-state index contributed by atoms with van der Waals surface area (Å²) in [6, 6.07) is 9.43. The summed E-state index contributed by atoms with van der Waals surface area (Å²) in [4.78, 5) is 28.4. The fraction of sp³-hybridized carbons (Fsp3) is 0.214. The number of hydrogen-bond donors (Lipinski definition) is 0. The first-order chi connectivity index (χ1) is 19.2. The van der Waals surface area contributed by atoms with Gasteiger partial charge >= 0.3 is 12.4 Å². The van der Waals surface area contributed by atoms with Gasteiger partial charge < -0.3 is 14.2 Å². The van der Waals surface area contributed by atoms with Gasteiger partial charge in [0.25, 0.3) is 11.5 Å². The van der Waals surface area contributed by atoms with E-state index in [0.717, 1.165) is 18.0 Å². The largest absolute Gasteiger partial charge is 0.490 e. The minimum Gasteiger partial charge on any atom is -0.490 e. The van der Waals surface area contributed by atoms with Crippen LogP contribution >= 0.6 is 11.6 Å². The van der Waals surface area contributed by atoms with Crippen molar-refractivity contribution in [3.8, 4) is 16.9 Å². The SMILES string of the molecule is CN(Cc1cc(C(F)(F)F)cc(C(F)(F)F)c1)C(=O)c1c(-c2ccc(F)c(Cl)c2)c2cccc3c2n(c1=O)CCO3. The lowest BCUT2D eigenvalue weighted by Crippen LogP contribution is -2.37. The van der Waals surface area contributed by atoms with E-state index in [0.29, 0.717) is 28.8 Å². The second-order valence-electron chi connectivity index (χ2n) is 9.41. The monoisotopic (exact) mass is 598 g/mol. The molecule has 214 valence electrons. The molecule has 0 fully saturated rings. The second-order valence-corrected chi connectivity index (χ2v) is 9.82. The van der Waals surface area contributed by atoms with Gasteiger partial charge in [-0.05, 0) is 47.5 Å². The molecule has 0 N–H and O–H groups in total. The summed E-state index contributed by atoms with van der Waals surface area (Å²) in [7, 11) is 1.15. The van der Waals surface area contributed by atoms with E-state index < -0.39 is 58.4 Å². The standard InChI is InChI=1S/C28H18ClF7N2O3/c1-37(13-14-9-16(27(31,32)33)12-17(10-14)28(34,35)36)25(39)23-22(15-5-6-20(30)19(29)11-15)18-3-2-4-21-24(18)38(26(23)40)7-8-41-21/h2-6,9-12H,7-8,13H2,1H3. The number of rotatable bonds is 4. The van der Waals surface area contributed by atoms with Crippen LogP contribution in [-0.2, 0) is 25.4 Å². The topological polar surface area (TPSA) is 51.5 Å². The average Bonchev–Trinajstić information content (AvgIpc) is 2.90. The van der Waals surface area contributed by atoms with E-state index >= 15 is 0 Å². The predicted molar refractivity (Wildman–Crippen MR) is 136 cm³/mol. The van der Waals surface area contributed by atoms with Gasteiger partial charge in [-0.3, -0.25) is 9.59 Å². The van der Waals surface area contributed by atoms with E-state index in [1.165, 1.54) is 16.7 Å². The van der Waals surface area contributed by atoms with Gasteiger partial charge in [-0.15, -0.1) is 0 Å². The number of halogens is 8. The molecule has 0 unspecified atom stereocenters. The Bertz CT molecular complexity index is 1730. The molecule has 1 amide bonds. The number of amides is 1. The number of carbonyl (C=O) groups excluding carboxylic acids is 1. The third kappa shape index (κ3) is 5.23. The van der Waals surface area contributed by atoms with E-state index in [2.05, 4.69) is 0 Å². The Morgan fingerprint density at radius 2 is 1.66 bits per heavy atom. The molecule has 1 aliphatic rings. The number of carbonyl (C=O) groups is 1. The van der Waals surface area contributed by atoms with Gasteiger partial charge in [-0.2, -0.15) is 26.3 Å². The molecule has 4 aromatic rings.